The van der Waals surface area contributed by atoms with E-state index in [0.29, 0.717) is 13.0 Å². The molecule has 0 aliphatic carbocycles. The van der Waals surface area contributed by atoms with Gasteiger partial charge in [-0.3, -0.25) is 14.7 Å². The Bertz CT molecular complexity index is 719. The quantitative estimate of drug-likeness (QED) is 0.885. The lowest BCUT2D eigenvalue weighted by molar-refractivity contribution is -0.124. The molecular formula is C19H25N3O2. The summed E-state index contributed by atoms with van der Waals surface area (Å²) < 4.78 is 5.48. The van der Waals surface area contributed by atoms with Gasteiger partial charge in [0, 0.05) is 38.7 Å². The number of likely N-dealkylation sites (tertiary alicyclic amines) is 1. The van der Waals surface area contributed by atoms with Crippen LogP contribution in [-0.2, 0) is 16.1 Å². The number of hydrogen-bond donors (Lipinski definition) is 1. The maximum absolute atomic E-state index is 12.0. The summed E-state index contributed by atoms with van der Waals surface area (Å²) in [5.74, 6) is 0.0710. The molecule has 1 aromatic heterocycles. The Labute approximate surface area is 143 Å². The number of benzene rings is 1. The zero-order valence-electron chi connectivity index (χ0n) is 14.4. The van der Waals surface area contributed by atoms with E-state index in [1.54, 1.807) is 14.2 Å². The Kier molecular flexibility index (Phi) is 5.11. The molecule has 0 unspecified atom stereocenters. The third kappa shape index (κ3) is 3.42. The van der Waals surface area contributed by atoms with Gasteiger partial charge in [-0.15, -0.1) is 0 Å². The number of aromatic nitrogens is 1. The van der Waals surface area contributed by atoms with Gasteiger partial charge in [0.05, 0.1) is 17.7 Å². The van der Waals surface area contributed by atoms with Crippen LogP contribution >= 0.6 is 0 Å². The largest absolute Gasteiger partial charge is 0.383 e. The second-order valence-electron chi connectivity index (χ2n) is 6.56. The van der Waals surface area contributed by atoms with Gasteiger partial charge in [0.15, 0.2) is 0 Å². The summed E-state index contributed by atoms with van der Waals surface area (Å²) in [6, 6.07) is 10.4. The first-order valence-corrected chi connectivity index (χ1v) is 8.45. The SMILES string of the molecule is CNC(=O)C[C@]1(COC)CCCN1Cc1ccc2ncccc2c1. The number of pyridine rings is 1. The summed E-state index contributed by atoms with van der Waals surface area (Å²) in [6.07, 6.45) is 4.38. The summed E-state index contributed by atoms with van der Waals surface area (Å²) in [5, 5.41) is 3.91. The van der Waals surface area contributed by atoms with Crippen molar-refractivity contribution in [2.24, 2.45) is 0 Å². The molecule has 1 saturated heterocycles. The molecule has 1 aromatic carbocycles. The molecule has 3 rings (SSSR count). The predicted octanol–water partition coefficient (Wildman–Crippen LogP) is 2.35. The zero-order valence-corrected chi connectivity index (χ0v) is 14.4. The first-order valence-electron chi connectivity index (χ1n) is 8.45. The molecule has 2 heterocycles. The maximum atomic E-state index is 12.0. The van der Waals surface area contributed by atoms with Gasteiger partial charge in [-0.2, -0.15) is 0 Å². The van der Waals surface area contributed by atoms with Gasteiger partial charge in [0.25, 0.3) is 0 Å². The molecule has 128 valence electrons. The number of nitrogens with zero attached hydrogens (tertiary/aromatic N) is 2. The molecule has 1 fully saturated rings. The predicted molar refractivity (Wildman–Crippen MR) is 94.7 cm³/mol. The molecule has 1 atom stereocenters. The Hall–Kier alpha value is -1.98. The zero-order chi connectivity index (χ0) is 17.0. The highest BCUT2D eigenvalue weighted by molar-refractivity contribution is 5.79. The van der Waals surface area contributed by atoms with Crippen molar-refractivity contribution in [3.05, 3.63) is 42.1 Å². The van der Waals surface area contributed by atoms with E-state index in [2.05, 4.69) is 39.5 Å². The van der Waals surface area contributed by atoms with Crippen molar-refractivity contribution >= 4 is 16.8 Å². The van der Waals surface area contributed by atoms with E-state index in [-0.39, 0.29) is 11.4 Å². The van der Waals surface area contributed by atoms with Crippen LogP contribution in [0.3, 0.4) is 0 Å². The molecule has 0 saturated carbocycles. The van der Waals surface area contributed by atoms with Crippen molar-refractivity contribution in [2.45, 2.75) is 31.3 Å². The van der Waals surface area contributed by atoms with Gasteiger partial charge in [-0.1, -0.05) is 12.1 Å². The number of ether oxygens (including phenoxy) is 1. The summed E-state index contributed by atoms with van der Waals surface area (Å²) in [5.41, 5.74) is 2.05. The molecule has 0 bridgehead atoms. The average molecular weight is 327 g/mol. The number of carbonyl (C=O) groups excluding carboxylic acids is 1. The Morgan fingerprint density at radius 2 is 2.29 bits per heavy atom. The van der Waals surface area contributed by atoms with Crippen molar-refractivity contribution < 1.29 is 9.53 Å². The van der Waals surface area contributed by atoms with Crippen LogP contribution in [0.1, 0.15) is 24.8 Å². The molecule has 24 heavy (non-hydrogen) atoms. The van der Waals surface area contributed by atoms with Crippen LogP contribution in [0.25, 0.3) is 10.9 Å². The average Bonchev–Trinajstić information content (AvgIpc) is 2.97. The molecule has 2 aromatic rings. The topological polar surface area (TPSA) is 54.5 Å². The van der Waals surface area contributed by atoms with E-state index in [9.17, 15) is 4.79 Å². The third-order valence-electron chi connectivity index (χ3n) is 4.96. The maximum Gasteiger partial charge on any atom is 0.221 e. The number of fused-ring (bicyclic) bond motifs is 1. The minimum absolute atomic E-state index is 0.0710. The van der Waals surface area contributed by atoms with Gasteiger partial charge in [-0.05, 0) is 43.1 Å². The van der Waals surface area contributed by atoms with E-state index in [1.807, 2.05) is 12.3 Å². The summed E-state index contributed by atoms with van der Waals surface area (Å²) in [7, 11) is 3.41. The van der Waals surface area contributed by atoms with Crippen LogP contribution in [0.15, 0.2) is 36.5 Å². The lowest BCUT2D eigenvalue weighted by atomic mass is 9.92. The highest BCUT2D eigenvalue weighted by Crippen LogP contribution is 2.34. The summed E-state index contributed by atoms with van der Waals surface area (Å²) in [4.78, 5) is 18.8. The Balaban J connectivity index is 1.83. The van der Waals surface area contributed by atoms with E-state index < -0.39 is 0 Å². The second-order valence-corrected chi connectivity index (χ2v) is 6.56. The van der Waals surface area contributed by atoms with Crippen LogP contribution in [0.4, 0.5) is 0 Å². The van der Waals surface area contributed by atoms with Crippen molar-refractivity contribution in [3.8, 4) is 0 Å². The van der Waals surface area contributed by atoms with Gasteiger partial charge in [0.1, 0.15) is 0 Å². The minimum Gasteiger partial charge on any atom is -0.383 e. The molecular weight excluding hydrogens is 302 g/mol. The van der Waals surface area contributed by atoms with E-state index in [1.165, 1.54) is 5.56 Å². The van der Waals surface area contributed by atoms with Crippen molar-refractivity contribution in [2.75, 3.05) is 27.3 Å². The van der Waals surface area contributed by atoms with E-state index in [0.717, 1.165) is 36.8 Å². The Morgan fingerprint density at radius 1 is 1.42 bits per heavy atom. The van der Waals surface area contributed by atoms with Gasteiger partial charge in [-0.25, -0.2) is 0 Å². The van der Waals surface area contributed by atoms with Crippen LogP contribution in [0, 0.1) is 0 Å². The summed E-state index contributed by atoms with van der Waals surface area (Å²) in [6.45, 7) is 2.40. The minimum atomic E-state index is -0.210. The monoisotopic (exact) mass is 327 g/mol. The molecule has 1 aliphatic rings. The fourth-order valence-electron chi connectivity index (χ4n) is 3.76. The summed E-state index contributed by atoms with van der Waals surface area (Å²) >= 11 is 0. The second kappa shape index (κ2) is 7.28. The van der Waals surface area contributed by atoms with Gasteiger partial charge >= 0.3 is 0 Å². The lowest BCUT2D eigenvalue weighted by Crippen LogP contribution is -2.49. The molecule has 1 N–H and O–H groups in total. The normalized spacial score (nSPS) is 21.2. The van der Waals surface area contributed by atoms with Crippen molar-refractivity contribution in [1.29, 1.82) is 0 Å². The van der Waals surface area contributed by atoms with E-state index in [4.69, 9.17) is 4.74 Å². The van der Waals surface area contributed by atoms with Crippen LogP contribution in [0.5, 0.6) is 0 Å². The van der Waals surface area contributed by atoms with Crippen LogP contribution < -0.4 is 5.32 Å². The molecule has 0 spiro atoms. The molecule has 0 radical (unpaired) electrons. The van der Waals surface area contributed by atoms with Crippen molar-refractivity contribution in [3.63, 3.8) is 0 Å². The number of amides is 1. The van der Waals surface area contributed by atoms with Gasteiger partial charge in [0.2, 0.25) is 5.91 Å². The van der Waals surface area contributed by atoms with Crippen molar-refractivity contribution in [1.82, 2.24) is 15.2 Å². The van der Waals surface area contributed by atoms with E-state index >= 15 is 0 Å². The van der Waals surface area contributed by atoms with Crippen LogP contribution in [-0.4, -0.2) is 48.6 Å². The highest BCUT2D eigenvalue weighted by atomic mass is 16.5. The standard InChI is InChI=1S/C19H25N3O2/c1-20-18(23)12-19(14-24-2)8-4-10-22(19)13-15-6-7-17-16(11-15)5-3-9-21-17/h3,5-7,9,11H,4,8,10,12-14H2,1-2H3,(H,20,23)/t19-/m0/s1. The number of hydrogen-bond acceptors (Lipinski definition) is 4. The first kappa shape index (κ1) is 16.9. The molecule has 1 amide bonds. The number of nitrogens with one attached hydrogen (secondary N) is 1. The highest BCUT2D eigenvalue weighted by Gasteiger charge is 2.42. The van der Waals surface area contributed by atoms with Crippen LogP contribution in [0.2, 0.25) is 0 Å². The molecule has 5 heteroatoms. The van der Waals surface area contributed by atoms with Gasteiger partial charge < -0.3 is 10.1 Å². The molecule has 1 aliphatic heterocycles. The molecule has 5 nitrogen and oxygen atoms in total. The Morgan fingerprint density at radius 3 is 3.08 bits per heavy atom. The lowest BCUT2D eigenvalue weighted by Gasteiger charge is -2.37. The first-order chi connectivity index (χ1) is 11.7. The fourth-order valence-corrected chi connectivity index (χ4v) is 3.76. The fraction of sp³-hybridized carbons (Fsp3) is 0.474. The number of methoxy groups -OCH3 is 1. The number of carbonyl (C=O) groups is 1. The smallest absolute Gasteiger partial charge is 0.221 e. The number of rotatable bonds is 6. The third-order valence-corrected chi connectivity index (χ3v) is 4.96.